The fourth-order valence-corrected chi connectivity index (χ4v) is 1.45. The molecule has 0 saturated carbocycles. The Kier molecular flexibility index (Phi) is 2.23. The normalized spacial score (nSPS) is 10.4. The van der Waals surface area contributed by atoms with Crippen molar-refractivity contribution in [2.24, 2.45) is 0 Å². The lowest BCUT2D eigenvalue weighted by atomic mass is 10.0. The van der Waals surface area contributed by atoms with E-state index in [1.54, 1.807) is 18.5 Å². The highest BCUT2D eigenvalue weighted by atomic mass is 16.3. The fraction of sp³-hybridized carbons (Fsp3) is 0.182. The largest absolute Gasteiger partial charge is 0.508 e. The zero-order valence-corrected chi connectivity index (χ0v) is 7.99. The van der Waals surface area contributed by atoms with E-state index in [2.05, 4.69) is 10.2 Å². The average molecular weight is 188 g/mol. The number of hydrogen-bond acceptors (Lipinski definition) is 2. The topological polar surface area (TPSA) is 48.9 Å². The van der Waals surface area contributed by atoms with Gasteiger partial charge in [0.1, 0.15) is 5.75 Å². The second kappa shape index (κ2) is 3.54. The average Bonchev–Trinajstić information content (AvgIpc) is 2.70. The number of hydrogen-bond donors (Lipinski definition) is 2. The van der Waals surface area contributed by atoms with Crippen molar-refractivity contribution in [2.75, 3.05) is 0 Å². The van der Waals surface area contributed by atoms with Crippen LogP contribution in [0.4, 0.5) is 0 Å². The number of benzene rings is 1. The smallest absolute Gasteiger partial charge is 0.119 e. The van der Waals surface area contributed by atoms with Crippen molar-refractivity contribution < 1.29 is 5.11 Å². The number of H-pyrrole nitrogens is 1. The molecule has 14 heavy (non-hydrogen) atoms. The lowest BCUT2D eigenvalue weighted by Gasteiger charge is -2.03. The summed E-state index contributed by atoms with van der Waals surface area (Å²) in [5, 5.41) is 16.3. The number of aryl methyl sites for hydroxylation is 1. The monoisotopic (exact) mass is 188 g/mol. The molecule has 1 aromatic carbocycles. The Morgan fingerprint density at radius 3 is 2.79 bits per heavy atom. The highest BCUT2D eigenvalue weighted by Gasteiger charge is 2.03. The number of rotatable bonds is 2. The summed E-state index contributed by atoms with van der Waals surface area (Å²) in [6.45, 7) is 2.02. The van der Waals surface area contributed by atoms with Crippen molar-refractivity contribution in [3.8, 4) is 16.9 Å². The summed E-state index contributed by atoms with van der Waals surface area (Å²) >= 11 is 0. The van der Waals surface area contributed by atoms with Crippen LogP contribution in [0.3, 0.4) is 0 Å². The Morgan fingerprint density at radius 2 is 2.21 bits per heavy atom. The standard InChI is InChI=1S/C11H12N2O/c1-2-8-3-4-9(5-11(8)14)10-6-12-13-7-10/h3-7,14H,2H2,1H3,(H,12,13). The Morgan fingerprint density at radius 1 is 1.36 bits per heavy atom. The van der Waals surface area contributed by atoms with Gasteiger partial charge in [0.05, 0.1) is 6.20 Å². The zero-order valence-electron chi connectivity index (χ0n) is 7.99. The number of aromatic nitrogens is 2. The molecule has 0 spiro atoms. The van der Waals surface area contributed by atoms with Crippen molar-refractivity contribution in [3.05, 3.63) is 36.2 Å². The molecule has 0 saturated heterocycles. The molecule has 1 aromatic heterocycles. The van der Waals surface area contributed by atoms with Crippen LogP contribution in [-0.2, 0) is 6.42 Å². The van der Waals surface area contributed by atoms with E-state index >= 15 is 0 Å². The molecule has 0 bridgehead atoms. The molecule has 0 fully saturated rings. The van der Waals surface area contributed by atoms with Gasteiger partial charge in [-0.1, -0.05) is 19.1 Å². The number of nitrogens with one attached hydrogen (secondary N) is 1. The fourth-order valence-electron chi connectivity index (χ4n) is 1.45. The molecule has 0 unspecified atom stereocenters. The minimum Gasteiger partial charge on any atom is -0.508 e. The molecular weight excluding hydrogens is 176 g/mol. The van der Waals surface area contributed by atoms with Gasteiger partial charge in [0.25, 0.3) is 0 Å². The zero-order chi connectivity index (χ0) is 9.97. The van der Waals surface area contributed by atoms with Crippen molar-refractivity contribution in [1.82, 2.24) is 10.2 Å². The molecule has 3 heteroatoms. The van der Waals surface area contributed by atoms with E-state index in [0.29, 0.717) is 5.75 Å². The molecule has 1 heterocycles. The van der Waals surface area contributed by atoms with Gasteiger partial charge >= 0.3 is 0 Å². The van der Waals surface area contributed by atoms with E-state index in [4.69, 9.17) is 0 Å². The Balaban J connectivity index is 2.43. The summed E-state index contributed by atoms with van der Waals surface area (Å²) in [6.07, 6.45) is 4.39. The van der Waals surface area contributed by atoms with E-state index < -0.39 is 0 Å². The number of aromatic hydroxyl groups is 1. The van der Waals surface area contributed by atoms with E-state index in [9.17, 15) is 5.11 Å². The highest BCUT2D eigenvalue weighted by Crippen LogP contribution is 2.25. The molecule has 2 N–H and O–H groups in total. The van der Waals surface area contributed by atoms with Crippen LogP contribution in [0.2, 0.25) is 0 Å². The first-order valence-corrected chi connectivity index (χ1v) is 4.62. The summed E-state index contributed by atoms with van der Waals surface area (Å²) < 4.78 is 0. The van der Waals surface area contributed by atoms with E-state index in [0.717, 1.165) is 23.1 Å². The van der Waals surface area contributed by atoms with Gasteiger partial charge in [0.2, 0.25) is 0 Å². The molecule has 0 aliphatic heterocycles. The van der Waals surface area contributed by atoms with Gasteiger partial charge in [0, 0.05) is 11.8 Å². The van der Waals surface area contributed by atoms with Crippen LogP contribution in [0.15, 0.2) is 30.6 Å². The number of phenols is 1. The number of nitrogens with zero attached hydrogens (tertiary/aromatic N) is 1. The highest BCUT2D eigenvalue weighted by molar-refractivity contribution is 5.64. The molecule has 0 aliphatic carbocycles. The van der Waals surface area contributed by atoms with E-state index in [-0.39, 0.29) is 0 Å². The molecule has 72 valence electrons. The predicted molar refractivity (Wildman–Crippen MR) is 55.1 cm³/mol. The molecule has 3 nitrogen and oxygen atoms in total. The van der Waals surface area contributed by atoms with Gasteiger partial charge in [-0.05, 0) is 23.6 Å². The van der Waals surface area contributed by atoms with Crippen molar-refractivity contribution in [3.63, 3.8) is 0 Å². The first-order chi connectivity index (χ1) is 6.81. The van der Waals surface area contributed by atoms with Gasteiger partial charge < -0.3 is 5.11 Å². The van der Waals surface area contributed by atoms with Crippen molar-refractivity contribution in [1.29, 1.82) is 0 Å². The lowest BCUT2D eigenvalue weighted by Crippen LogP contribution is -1.82. The first kappa shape index (κ1) is 8.81. The van der Waals surface area contributed by atoms with Crippen molar-refractivity contribution >= 4 is 0 Å². The molecule has 0 amide bonds. The third kappa shape index (κ3) is 1.48. The Labute approximate surface area is 82.4 Å². The maximum absolute atomic E-state index is 9.66. The molecule has 0 aliphatic rings. The maximum atomic E-state index is 9.66. The summed E-state index contributed by atoms with van der Waals surface area (Å²) in [5.74, 6) is 0.353. The number of phenolic OH excluding ortho intramolecular Hbond substituents is 1. The minimum atomic E-state index is 0.353. The van der Waals surface area contributed by atoms with E-state index in [1.165, 1.54) is 0 Å². The second-order valence-corrected chi connectivity index (χ2v) is 3.18. The summed E-state index contributed by atoms with van der Waals surface area (Å²) in [7, 11) is 0. The van der Waals surface area contributed by atoms with Gasteiger partial charge in [0.15, 0.2) is 0 Å². The van der Waals surface area contributed by atoms with Crippen LogP contribution in [0, 0.1) is 0 Å². The third-order valence-electron chi connectivity index (χ3n) is 2.30. The lowest BCUT2D eigenvalue weighted by molar-refractivity contribution is 0.469. The van der Waals surface area contributed by atoms with Crippen LogP contribution < -0.4 is 0 Å². The van der Waals surface area contributed by atoms with E-state index in [1.807, 2.05) is 19.1 Å². The second-order valence-electron chi connectivity index (χ2n) is 3.18. The molecule has 2 aromatic rings. The first-order valence-electron chi connectivity index (χ1n) is 4.62. The third-order valence-corrected chi connectivity index (χ3v) is 2.30. The van der Waals surface area contributed by atoms with Crippen LogP contribution >= 0.6 is 0 Å². The number of aromatic amines is 1. The predicted octanol–water partition coefficient (Wildman–Crippen LogP) is 2.34. The summed E-state index contributed by atoms with van der Waals surface area (Å²) in [5.41, 5.74) is 2.94. The molecule has 0 atom stereocenters. The van der Waals surface area contributed by atoms with Gasteiger partial charge in [-0.15, -0.1) is 0 Å². The quantitative estimate of drug-likeness (QED) is 0.760. The molecule has 2 rings (SSSR count). The van der Waals surface area contributed by atoms with Gasteiger partial charge in [-0.3, -0.25) is 5.10 Å². The van der Waals surface area contributed by atoms with Crippen molar-refractivity contribution in [2.45, 2.75) is 13.3 Å². The van der Waals surface area contributed by atoms with Crippen LogP contribution in [0.25, 0.3) is 11.1 Å². The van der Waals surface area contributed by atoms with Gasteiger partial charge in [-0.25, -0.2) is 0 Å². The Hall–Kier alpha value is -1.77. The van der Waals surface area contributed by atoms with Crippen LogP contribution in [0.5, 0.6) is 5.75 Å². The van der Waals surface area contributed by atoms with Gasteiger partial charge in [-0.2, -0.15) is 5.10 Å². The van der Waals surface area contributed by atoms with Crippen LogP contribution in [-0.4, -0.2) is 15.3 Å². The SMILES string of the molecule is CCc1ccc(-c2cn[nH]c2)cc1O. The molecule has 0 radical (unpaired) electrons. The summed E-state index contributed by atoms with van der Waals surface area (Å²) in [4.78, 5) is 0. The van der Waals surface area contributed by atoms with Crippen LogP contribution in [0.1, 0.15) is 12.5 Å². The Bertz CT molecular complexity index is 421. The molecular formula is C11H12N2O. The minimum absolute atomic E-state index is 0.353. The summed E-state index contributed by atoms with van der Waals surface area (Å²) in [6, 6.07) is 5.70. The maximum Gasteiger partial charge on any atom is 0.119 e.